The molecule has 1 atom stereocenters. The SMILES string of the molecule is Cn1nnnc1C1CN(C(=O)CCCCc2cccnc2)CCO1. The monoisotopic (exact) mass is 330 g/mol. The number of carbonyl (C=O) groups excluding carboxylic acids is 1. The zero-order valence-corrected chi connectivity index (χ0v) is 13.8. The lowest BCUT2D eigenvalue weighted by molar-refractivity contribution is -0.139. The van der Waals surface area contributed by atoms with E-state index in [4.69, 9.17) is 4.74 Å². The largest absolute Gasteiger partial charge is 0.366 e. The predicted octanol–water partition coefficient (Wildman–Crippen LogP) is 0.918. The minimum Gasteiger partial charge on any atom is -0.366 e. The summed E-state index contributed by atoms with van der Waals surface area (Å²) < 4.78 is 7.29. The summed E-state index contributed by atoms with van der Waals surface area (Å²) in [5.74, 6) is 0.827. The van der Waals surface area contributed by atoms with E-state index in [-0.39, 0.29) is 12.0 Å². The lowest BCUT2D eigenvalue weighted by atomic mass is 10.1. The van der Waals surface area contributed by atoms with Crippen LogP contribution in [0.3, 0.4) is 0 Å². The number of ether oxygens (including phenoxy) is 1. The fourth-order valence-corrected chi connectivity index (χ4v) is 2.85. The highest BCUT2D eigenvalue weighted by Gasteiger charge is 2.28. The second-order valence-electron chi connectivity index (χ2n) is 5.93. The van der Waals surface area contributed by atoms with Gasteiger partial charge in [-0.05, 0) is 41.3 Å². The molecule has 3 rings (SSSR count). The van der Waals surface area contributed by atoms with Gasteiger partial charge in [-0.1, -0.05) is 6.07 Å². The van der Waals surface area contributed by atoms with E-state index in [1.165, 1.54) is 5.56 Å². The Morgan fingerprint density at radius 3 is 3.08 bits per heavy atom. The Bertz CT molecular complexity index is 660. The normalized spacial score (nSPS) is 17.9. The van der Waals surface area contributed by atoms with Crippen LogP contribution in [0.4, 0.5) is 0 Å². The second-order valence-corrected chi connectivity index (χ2v) is 5.93. The van der Waals surface area contributed by atoms with Gasteiger partial charge in [-0.25, -0.2) is 4.68 Å². The summed E-state index contributed by atoms with van der Waals surface area (Å²) in [6, 6.07) is 4.01. The maximum absolute atomic E-state index is 12.4. The number of rotatable bonds is 6. The Labute approximate surface area is 140 Å². The third kappa shape index (κ3) is 4.14. The molecule has 0 saturated carbocycles. The number of aromatic nitrogens is 5. The number of hydrogen-bond acceptors (Lipinski definition) is 6. The third-order valence-electron chi connectivity index (χ3n) is 4.19. The molecule has 1 aliphatic heterocycles. The molecule has 24 heavy (non-hydrogen) atoms. The molecule has 2 aromatic heterocycles. The molecular weight excluding hydrogens is 308 g/mol. The van der Waals surface area contributed by atoms with Crippen LogP contribution in [-0.2, 0) is 23.0 Å². The van der Waals surface area contributed by atoms with E-state index < -0.39 is 0 Å². The fraction of sp³-hybridized carbons (Fsp3) is 0.562. The van der Waals surface area contributed by atoms with Crippen molar-refractivity contribution in [3.05, 3.63) is 35.9 Å². The van der Waals surface area contributed by atoms with Crippen molar-refractivity contribution in [3.8, 4) is 0 Å². The smallest absolute Gasteiger partial charge is 0.222 e. The summed E-state index contributed by atoms with van der Waals surface area (Å²) in [7, 11) is 1.78. The second kappa shape index (κ2) is 7.96. The maximum Gasteiger partial charge on any atom is 0.222 e. The highest BCUT2D eigenvalue weighted by atomic mass is 16.5. The van der Waals surface area contributed by atoms with Gasteiger partial charge in [0.05, 0.1) is 13.2 Å². The molecule has 128 valence electrons. The number of amides is 1. The molecule has 1 aliphatic rings. The quantitative estimate of drug-likeness (QED) is 0.732. The Morgan fingerprint density at radius 2 is 2.33 bits per heavy atom. The third-order valence-corrected chi connectivity index (χ3v) is 4.19. The Kier molecular flexibility index (Phi) is 5.47. The fourth-order valence-electron chi connectivity index (χ4n) is 2.85. The van der Waals surface area contributed by atoms with Crippen molar-refractivity contribution >= 4 is 5.91 Å². The number of carbonyl (C=O) groups is 1. The van der Waals surface area contributed by atoms with Crippen LogP contribution < -0.4 is 0 Å². The average molecular weight is 330 g/mol. The molecular formula is C16H22N6O2. The molecule has 0 aliphatic carbocycles. The van der Waals surface area contributed by atoms with Gasteiger partial charge in [0.2, 0.25) is 5.91 Å². The first kappa shape index (κ1) is 16.5. The minimum absolute atomic E-state index is 0.171. The van der Waals surface area contributed by atoms with Crippen molar-refractivity contribution in [1.82, 2.24) is 30.1 Å². The van der Waals surface area contributed by atoms with Crippen molar-refractivity contribution in [2.24, 2.45) is 7.05 Å². The van der Waals surface area contributed by atoms with Crippen LogP contribution >= 0.6 is 0 Å². The lowest BCUT2D eigenvalue weighted by Crippen LogP contribution is -2.42. The summed E-state index contributed by atoms with van der Waals surface area (Å²) in [4.78, 5) is 18.4. The molecule has 1 saturated heterocycles. The molecule has 8 nitrogen and oxygen atoms in total. The van der Waals surface area contributed by atoms with Gasteiger partial charge in [-0.2, -0.15) is 0 Å². The average Bonchev–Trinajstić information content (AvgIpc) is 3.05. The first-order valence-corrected chi connectivity index (χ1v) is 8.24. The van der Waals surface area contributed by atoms with Gasteiger partial charge in [0.15, 0.2) is 5.82 Å². The van der Waals surface area contributed by atoms with Gasteiger partial charge in [0.1, 0.15) is 6.10 Å². The standard InChI is InChI=1S/C16H22N6O2/c1-21-16(18-19-20-21)14-12-22(9-10-24-14)15(23)7-3-2-5-13-6-4-8-17-11-13/h4,6,8,11,14H,2-3,5,7,9-10,12H2,1H3. The molecule has 0 spiro atoms. The molecule has 8 heteroatoms. The summed E-state index contributed by atoms with van der Waals surface area (Å²) in [6.45, 7) is 1.65. The van der Waals surface area contributed by atoms with Crippen molar-refractivity contribution in [2.45, 2.75) is 31.8 Å². The highest BCUT2D eigenvalue weighted by molar-refractivity contribution is 5.76. The molecule has 0 bridgehead atoms. The van der Waals surface area contributed by atoms with Gasteiger partial charge in [0.25, 0.3) is 0 Å². The first-order valence-electron chi connectivity index (χ1n) is 8.24. The van der Waals surface area contributed by atoms with Crippen molar-refractivity contribution in [2.75, 3.05) is 19.7 Å². The summed E-state index contributed by atoms with van der Waals surface area (Å²) in [5.41, 5.74) is 1.21. The molecule has 0 N–H and O–H groups in total. The Balaban J connectivity index is 1.44. The topological polar surface area (TPSA) is 86.0 Å². The number of morpholine rings is 1. The van der Waals surface area contributed by atoms with E-state index >= 15 is 0 Å². The van der Waals surface area contributed by atoms with Gasteiger partial charge < -0.3 is 9.64 Å². The summed E-state index contributed by atoms with van der Waals surface area (Å²) in [5, 5.41) is 11.4. The first-order chi connectivity index (χ1) is 11.7. The molecule has 1 fully saturated rings. The van der Waals surface area contributed by atoms with E-state index in [0.717, 1.165) is 19.3 Å². The molecule has 1 unspecified atom stereocenters. The molecule has 2 aromatic rings. The van der Waals surface area contributed by atoms with Crippen LogP contribution in [0.2, 0.25) is 0 Å². The number of unbranched alkanes of at least 4 members (excludes halogenated alkanes) is 1. The zero-order chi connectivity index (χ0) is 16.8. The van der Waals surface area contributed by atoms with Crippen molar-refractivity contribution in [3.63, 3.8) is 0 Å². The molecule has 3 heterocycles. The van der Waals surface area contributed by atoms with E-state index in [0.29, 0.717) is 31.9 Å². The van der Waals surface area contributed by atoms with Crippen LogP contribution in [-0.4, -0.2) is 55.7 Å². The summed E-state index contributed by atoms with van der Waals surface area (Å²) in [6.07, 6.45) is 6.78. The Morgan fingerprint density at radius 1 is 1.42 bits per heavy atom. The number of hydrogen-bond donors (Lipinski definition) is 0. The van der Waals surface area contributed by atoms with Crippen LogP contribution in [0.5, 0.6) is 0 Å². The highest BCUT2D eigenvalue weighted by Crippen LogP contribution is 2.20. The number of aryl methyl sites for hydroxylation is 2. The maximum atomic E-state index is 12.4. The molecule has 0 radical (unpaired) electrons. The van der Waals surface area contributed by atoms with Crippen LogP contribution in [0.15, 0.2) is 24.5 Å². The molecule has 1 amide bonds. The van der Waals surface area contributed by atoms with E-state index in [1.807, 2.05) is 17.2 Å². The van der Waals surface area contributed by atoms with Crippen LogP contribution in [0, 0.1) is 0 Å². The van der Waals surface area contributed by atoms with E-state index in [1.54, 1.807) is 17.9 Å². The molecule has 0 aromatic carbocycles. The van der Waals surface area contributed by atoms with Gasteiger partial charge in [-0.15, -0.1) is 5.10 Å². The summed E-state index contributed by atoms with van der Waals surface area (Å²) >= 11 is 0. The van der Waals surface area contributed by atoms with E-state index in [9.17, 15) is 4.79 Å². The predicted molar refractivity (Wildman–Crippen MR) is 85.9 cm³/mol. The van der Waals surface area contributed by atoms with Crippen LogP contribution in [0.25, 0.3) is 0 Å². The van der Waals surface area contributed by atoms with Crippen LogP contribution in [0.1, 0.15) is 36.8 Å². The van der Waals surface area contributed by atoms with Crippen molar-refractivity contribution < 1.29 is 9.53 Å². The number of tetrazole rings is 1. The lowest BCUT2D eigenvalue weighted by Gasteiger charge is -2.32. The van der Waals surface area contributed by atoms with E-state index in [2.05, 4.69) is 26.6 Å². The number of nitrogens with zero attached hydrogens (tertiary/aromatic N) is 6. The van der Waals surface area contributed by atoms with Gasteiger partial charge >= 0.3 is 0 Å². The van der Waals surface area contributed by atoms with Gasteiger partial charge in [-0.3, -0.25) is 9.78 Å². The minimum atomic E-state index is -0.252. The zero-order valence-electron chi connectivity index (χ0n) is 13.8. The number of pyridine rings is 1. The Hall–Kier alpha value is -2.35. The van der Waals surface area contributed by atoms with Crippen molar-refractivity contribution in [1.29, 1.82) is 0 Å². The van der Waals surface area contributed by atoms with Gasteiger partial charge in [0, 0.05) is 32.4 Å².